The van der Waals surface area contributed by atoms with Crippen LogP contribution in [0.3, 0.4) is 0 Å². The van der Waals surface area contributed by atoms with E-state index in [0.29, 0.717) is 18.6 Å². The smallest absolute Gasteiger partial charge is 0.330 e. The molecule has 0 radical (unpaired) electrons. The molecule has 0 saturated heterocycles. The maximum absolute atomic E-state index is 12.1. The quantitative estimate of drug-likeness (QED) is 0.797. The molecule has 0 aliphatic heterocycles. The Kier molecular flexibility index (Phi) is 5.13. The molecule has 0 aromatic carbocycles. The van der Waals surface area contributed by atoms with Crippen LogP contribution in [0.4, 0.5) is 0 Å². The zero-order chi connectivity index (χ0) is 14.7. The second kappa shape index (κ2) is 6.04. The zero-order valence-electron chi connectivity index (χ0n) is 12.8. The maximum Gasteiger partial charge on any atom is 0.330 e. The number of hydroxylamine groups is 1. The van der Waals surface area contributed by atoms with Gasteiger partial charge >= 0.3 is 5.97 Å². The van der Waals surface area contributed by atoms with E-state index in [0.717, 1.165) is 19.3 Å². The Balaban J connectivity index is 2.40. The molecule has 1 rings (SSSR count). The minimum atomic E-state index is -0.504. The first-order valence-electron chi connectivity index (χ1n) is 7.09. The summed E-state index contributed by atoms with van der Waals surface area (Å²) in [6, 6.07) is 0.118. The highest BCUT2D eigenvalue weighted by molar-refractivity contribution is 5.79. The van der Waals surface area contributed by atoms with E-state index >= 15 is 0 Å². The van der Waals surface area contributed by atoms with Gasteiger partial charge in [-0.2, -0.15) is 0 Å². The molecule has 1 fully saturated rings. The van der Waals surface area contributed by atoms with Crippen LogP contribution in [-0.2, 0) is 14.4 Å². The third-order valence-electron chi connectivity index (χ3n) is 3.39. The van der Waals surface area contributed by atoms with Crippen LogP contribution < -0.4 is 5.48 Å². The molecule has 0 atom stereocenters. The second-order valence-electron chi connectivity index (χ2n) is 7.44. The van der Waals surface area contributed by atoms with Crippen LogP contribution in [0.1, 0.15) is 66.7 Å². The van der Waals surface area contributed by atoms with Gasteiger partial charge in [-0.3, -0.25) is 4.79 Å². The molecular weight excluding hydrogens is 242 g/mol. The monoisotopic (exact) mass is 269 g/mol. The highest BCUT2D eigenvalue weighted by Gasteiger charge is 2.34. The average Bonchev–Trinajstić information content (AvgIpc) is 2.24. The second-order valence-corrected chi connectivity index (χ2v) is 7.44. The number of rotatable bonds is 4. The lowest BCUT2D eigenvalue weighted by Gasteiger charge is -2.31. The fourth-order valence-electron chi connectivity index (χ4n) is 2.73. The van der Waals surface area contributed by atoms with Gasteiger partial charge in [-0.05, 0) is 38.5 Å². The molecular formula is C15H27NO3. The fraction of sp³-hybridized carbons (Fsp3) is 0.867. The lowest BCUT2D eigenvalue weighted by atomic mass is 9.76. The molecule has 110 valence electrons. The minimum Gasteiger partial charge on any atom is -0.370 e. The Morgan fingerprint density at radius 2 is 1.74 bits per heavy atom. The van der Waals surface area contributed by atoms with Gasteiger partial charge in [-0.1, -0.05) is 20.8 Å². The minimum absolute atomic E-state index is 0.0831. The van der Waals surface area contributed by atoms with E-state index in [1.54, 1.807) is 0 Å². The Morgan fingerprint density at radius 3 is 2.21 bits per heavy atom. The molecule has 19 heavy (non-hydrogen) atoms. The van der Waals surface area contributed by atoms with Crippen LogP contribution in [0.15, 0.2) is 0 Å². The normalized spacial score (nSPS) is 18.5. The highest BCUT2D eigenvalue weighted by atomic mass is 16.7. The average molecular weight is 269 g/mol. The maximum atomic E-state index is 12.1. The number of ketones is 1. The van der Waals surface area contributed by atoms with Gasteiger partial charge in [0.2, 0.25) is 0 Å². The molecule has 0 unspecified atom stereocenters. The van der Waals surface area contributed by atoms with Gasteiger partial charge in [0, 0.05) is 18.9 Å². The summed E-state index contributed by atoms with van der Waals surface area (Å²) in [5, 5.41) is 0. The molecule has 4 nitrogen and oxygen atoms in total. The molecule has 0 amide bonds. The summed E-state index contributed by atoms with van der Waals surface area (Å²) in [4.78, 5) is 28.5. The van der Waals surface area contributed by atoms with Crippen molar-refractivity contribution < 1.29 is 14.4 Å². The summed E-state index contributed by atoms with van der Waals surface area (Å²) in [5.74, 6) is 0.0803. The van der Waals surface area contributed by atoms with Crippen molar-refractivity contribution in [3.05, 3.63) is 0 Å². The van der Waals surface area contributed by atoms with Crippen molar-refractivity contribution in [3.63, 3.8) is 0 Å². The SMILES string of the molecule is CC(C)(C)CC(C)(C)C(=O)ONC1CCC(=O)CC1. The van der Waals surface area contributed by atoms with Gasteiger partial charge in [0.1, 0.15) is 5.78 Å². The fourth-order valence-corrected chi connectivity index (χ4v) is 2.73. The number of carbonyl (C=O) groups excluding carboxylic acids is 2. The molecule has 0 spiro atoms. The van der Waals surface area contributed by atoms with Gasteiger partial charge in [0.15, 0.2) is 0 Å². The molecule has 0 aromatic rings. The first kappa shape index (κ1) is 16.2. The van der Waals surface area contributed by atoms with Crippen molar-refractivity contribution in [1.82, 2.24) is 5.48 Å². The van der Waals surface area contributed by atoms with E-state index in [4.69, 9.17) is 4.84 Å². The summed E-state index contributed by atoms with van der Waals surface area (Å²) < 4.78 is 0. The Hall–Kier alpha value is -0.900. The standard InChI is InChI=1S/C15H27NO3/c1-14(2,3)10-15(4,5)13(18)19-16-11-6-8-12(17)9-7-11/h11,16H,6-10H2,1-5H3. The lowest BCUT2D eigenvalue weighted by Crippen LogP contribution is -2.40. The van der Waals surface area contributed by atoms with E-state index in [-0.39, 0.29) is 17.4 Å². The van der Waals surface area contributed by atoms with E-state index in [1.807, 2.05) is 13.8 Å². The molecule has 0 heterocycles. The van der Waals surface area contributed by atoms with Crippen molar-refractivity contribution in [2.75, 3.05) is 0 Å². The van der Waals surface area contributed by atoms with Crippen molar-refractivity contribution in [3.8, 4) is 0 Å². The zero-order valence-corrected chi connectivity index (χ0v) is 12.8. The van der Waals surface area contributed by atoms with Crippen molar-refractivity contribution >= 4 is 11.8 Å². The van der Waals surface area contributed by atoms with Crippen LogP contribution >= 0.6 is 0 Å². The van der Waals surface area contributed by atoms with Gasteiger partial charge in [0.05, 0.1) is 5.41 Å². The molecule has 0 bridgehead atoms. The highest BCUT2D eigenvalue weighted by Crippen LogP contribution is 2.34. The Morgan fingerprint density at radius 1 is 1.21 bits per heavy atom. The van der Waals surface area contributed by atoms with Gasteiger partial charge in [-0.15, -0.1) is 5.48 Å². The summed E-state index contributed by atoms with van der Waals surface area (Å²) >= 11 is 0. The summed E-state index contributed by atoms with van der Waals surface area (Å²) in [5.41, 5.74) is 2.41. The molecule has 1 saturated carbocycles. The summed E-state index contributed by atoms with van der Waals surface area (Å²) in [6.45, 7) is 10.2. The first-order valence-corrected chi connectivity index (χ1v) is 7.09. The first-order chi connectivity index (χ1) is 8.60. The summed E-state index contributed by atoms with van der Waals surface area (Å²) in [7, 11) is 0. The molecule has 0 aromatic heterocycles. The summed E-state index contributed by atoms with van der Waals surface area (Å²) in [6.07, 6.45) is 3.45. The predicted molar refractivity (Wildman–Crippen MR) is 74.3 cm³/mol. The van der Waals surface area contributed by atoms with Crippen LogP contribution in [0.25, 0.3) is 0 Å². The molecule has 1 aliphatic carbocycles. The van der Waals surface area contributed by atoms with E-state index in [1.165, 1.54) is 0 Å². The van der Waals surface area contributed by atoms with E-state index in [9.17, 15) is 9.59 Å². The van der Waals surface area contributed by atoms with Gasteiger partial charge in [-0.25, -0.2) is 4.79 Å². The molecule has 4 heteroatoms. The van der Waals surface area contributed by atoms with Gasteiger partial charge in [0.25, 0.3) is 0 Å². The third kappa shape index (κ3) is 5.72. The number of hydrogen-bond acceptors (Lipinski definition) is 4. The van der Waals surface area contributed by atoms with Crippen LogP contribution in [0.5, 0.6) is 0 Å². The number of hydrogen-bond donors (Lipinski definition) is 1. The van der Waals surface area contributed by atoms with E-state index in [2.05, 4.69) is 26.3 Å². The Bertz CT molecular complexity index is 332. The van der Waals surface area contributed by atoms with E-state index < -0.39 is 5.41 Å². The van der Waals surface area contributed by atoms with Gasteiger partial charge < -0.3 is 4.84 Å². The number of Topliss-reactive ketones (excluding diaryl/α,β-unsaturated/α-hetero) is 1. The predicted octanol–water partition coefficient (Wildman–Crippen LogP) is 3.01. The van der Waals surface area contributed by atoms with Crippen molar-refractivity contribution in [2.45, 2.75) is 72.8 Å². The van der Waals surface area contributed by atoms with Crippen LogP contribution in [0, 0.1) is 10.8 Å². The Labute approximate surface area is 116 Å². The number of nitrogens with one attached hydrogen (secondary N) is 1. The van der Waals surface area contributed by atoms with Crippen molar-refractivity contribution in [2.24, 2.45) is 10.8 Å². The third-order valence-corrected chi connectivity index (χ3v) is 3.39. The number of carbonyl (C=O) groups is 2. The van der Waals surface area contributed by atoms with Crippen LogP contribution in [0.2, 0.25) is 0 Å². The lowest BCUT2D eigenvalue weighted by molar-refractivity contribution is -0.166. The van der Waals surface area contributed by atoms with Crippen molar-refractivity contribution in [1.29, 1.82) is 0 Å². The largest absolute Gasteiger partial charge is 0.370 e. The molecule has 1 aliphatic rings. The molecule has 1 N–H and O–H groups in total. The topological polar surface area (TPSA) is 55.4 Å². The van der Waals surface area contributed by atoms with Crippen LogP contribution in [-0.4, -0.2) is 17.8 Å².